The Morgan fingerprint density at radius 3 is 2.44 bits per heavy atom. The normalized spacial score (nSPS) is 17.2. The highest BCUT2D eigenvalue weighted by Gasteiger charge is 2.47. The molecule has 2 saturated heterocycles. The molecule has 0 atom stereocenters. The van der Waals surface area contributed by atoms with Crippen LogP contribution in [0.3, 0.4) is 0 Å². The quantitative estimate of drug-likeness (QED) is 0.362. The summed E-state index contributed by atoms with van der Waals surface area (Å²) in [5.74, 6) is 0.123. The molecule has 39 heavy (non-hydrogen) atoms. The highest BCUT2D eigenvalue weighted by atomic mass is 19.4. The molecular formula is C27H22F3N5O4. The molecule has 0 bridgehead atoms. The smallest absolute Gasteiger partial charge is 0.416 e. The zero-order valence-corrected chi connectivity index (χ0v) is 20.4. The molecule has 2 N–H and O–H groups in total. The summed E-state index contributed by atoms with van der Waals surface area (Å²) in [4.78, 5) is 39.2. The van der Waals surface area contributed by atoms with E-state index in [9.17, 15) is 22.8 Å². The number of anilines is 2. The number of pyridine rings is 1. The van der Waals surface area contributed by atoms with Crippen molar-refractivity contribution >= 4 is 34.6 Å². The predicted octanol–water partition coefficient (Wildman–Crippen LogP) is 5.34. The molecule has 6 rings (SSSR count). The van der Waals surface area contributed by atoms with Gasteiger partial charge in [-0.2, -0.15) is 13.2 Å². The number of nitrogens with one attached hydrogen (secondary N) is 1. The Morgan fingerprint density at radius 1 is 1.05 bits per heavy atom. The summed E-state index contributed by atoms with van der Waals surface area (Å²) in [6, 6.07) is 13.2. The zero-order chi connectivity index (χ0) is 27.4. The van der Waals surface area contributed by atoms with E-state index in [1.165, 1.54) is 23.1 Å². The number of rotatable bonds is 4. The number of imidazole rings is 1. The number of fused-ring (bicyclic) bond motifs is 1. The first-order valence-electron chi connectivity index (χ1n) is 12.2. The van der Waals surface area contributed by atoms with E-state index in [1.54, 1.807) is 18.3 Å². The number of nitrogens with zero attached hydrogens (tertiary/aromatic N) is 4. The van der Waals surface area contributed by atoms with E-state index in [1.807, 2.05) is 12.1 Å². The number of benzene rings is 2. The molecule has 2 aromatic heterocycles. The second-order valence-corrected chi connectivity index (χ2v) is 9.70. The molecule has 9 nitrogen and oxygen atoms in total. The van der Waals surface area contributed by atoms with Crippen LogP contribution in [0.4, 0.5) is 29.5 Å². The van der Waals surface area contributed by atoms with Gasteiger partial charge in [0.2, 0.25) is 0 Å². The Bertz CT molecular complexity index is 1560. The molecule has 2 fully saturated rings. The van der Waals surface area contributed by atoms with Crippen molar-refractivity contribution in [1.29, 1.82) is 0 Å². The topological polar surface area (TPSA) is 112 Å². The van der Waals surface area contributed by atoms with Gasteiger partial charge in [0, 0.05) is 43.4 Å². The highest BCUT2D eigenvalue weighted by Crippen LogP contribution is 2.37. The van der Waals surface area contributed by atoms with Crippen LogP contribution < -0.4 is 9.80 Å². The van der Waals surface area contributed by atoms with Crippen molar-refractivity contribution in [2.75, 3.05) is 29.4 Å². The fourth-order valence-electron chi connectivity index (χ4n) is 5.04. The number of aromatic carboxylic acids is 1. The molecule has 4 aromatic rings. The lowest BCUT2D eigenvalue weighted by molar-refractivity contribution is -0.137. The lowest BCUT2D eigenvalue weighted by Crippen LogP contribution is -2.47. The molecule has 0 saturated carbocycles. The van der Waals surface area contributed by atoms with Crippen LogP contribution >= 0.6 is 0 Å². The van der Waals surface area contributed by atoms with Crippen LogP contribution in [-0.2, 0) is 10.9 Å². The van der Waals surface area contributed by atoms with Gasteiger partial charge in [-0.1, -0.05) is 0 Å². The number of aromatic amines is 1. The number of amides is 1. The first kappa shape index (κ1) is 24.7. The van der Waals surface area contributed by atoms with Crippen molar-refractivity contribution in [3.8, 4) is 11.4 Å². The number of carbonyl (C=O) groups is 2. The number of aromatic nitrogens is 3. The number of hydrogen-bond acceptors (Lipinski definition) is 6. The van der Waals surface area contributed by atoms with E-state index in [0.717, 1.165) is 18.0 Å². The number of carboxylic acid groups (broad SMARTS) is 1. The maximum Gasteiger partial charge on any atom is 0.416 e. The Balaban J connectivity index is 1.12. The van der Waals surface area contributed by atoms with Crippen LogP contribution in [-0.4, -0.2) is 57.4 Å². The third-order valence-electron chi connectivity index (χ3n) is 7.23. The number of H-pyrrole nitrogens is 1. The summed E-state index contributed by atoms with van der Waals surface area (Å²) in [5.41, 5.74) is 0.709. The Kier molecular flexibility index (Phi) is 5.70. The van der Waals surface area contributed by atoms with Crippen molar-refractivity contribution < 1.29 is 32.6 Å². The molecule has 0 aliphatic carbocycles. The molecule has 2 aromatic carbocycles. The minimum Gasteiger partial charge on any atom is -0.478 e. The van der Waals surface area contributed by atoms with Gasteiger partial charge in [-0.15, -0.1) is 0 Å². The number of alkyl halides is 3. The number of piperidine rings is 1. The molecule has 1 spiro atoms. The van der Waals surface area contributed by atoms with Gasteiger partial charge in [-0.05, 0) is 54.6 Å². The van der Waals surface area contributed by atoms with Crippen LogP contribution in [0.25, 0.3) is 22.4 Å². The molecule has 2 aliphatic rings. The van der Waals surface area contributed by atoms with Crippen molar-refractivity contribution in [3.05, 3.63) is 71.9 Å². The first-order valence-corrected chi connectivity index (χ1v) is 12.2. The zero-order valence-electron chi connectivity index (χ0n) is 20.4. The minimum atomic E-state index is -4.44. The van der Waals surface area contributed by atoms with Gasteiger partial charge in [0.05, 0.1) is 28.7 Å². The molecule has 12 heteroatoms. The van der Waals surface area contributed by atoms with E-state index in [0.29, 0.717) is 55.1 Å². The maximum atomic E-state index is 13.0. The van der Waals surface area contributed by atoms with Gasteiger partial charge in [0.15, 0.2) is 0 Å². The average molecular weight is 537 g/mol. The Morgan fingerprint density at radius 2 is 1.79 bits per heavy atom. The van der Waals surface area contributed by atoms with E-state index >= 15 is 0 Å². The second-order valence-electron chi connectivity index (χ2n) is 9.70. The molecule has 200 valence electrons. The van der Waals surface area contributed by atoms with Gasteiger partial charge in [-0.25, -0.2) is 19.6 Å². The van der Waals surface area contributed by atoms with Gasteiger partial charge in [-0.3, -0.25) is 4.90 Å². The molecule has 0 radical (unpaired) electrons. The Hall–Kier alpha value is -4.61. The van der Waals surface area contributed by atoms with Gasteiger partial charge >= 0.3 is 18.2 Å². The second kappa shape index (κ2) is 9.00. The number of carbonyl (C=O) groups excluding carboxylic acids is 1. The van der Waals surface area contributed by atoms with Crippen LogP contribution in [0.2, 0.25) is 0 Å². The fourth-order valence-corrected chi connectivity index (χ4v) is 5.04. The fraction of sp³-hybridized carbons (Fsp3) is 0.259. The molecule has 2 aliphatic heterocycles. The lowest BCUT2D eigenvalue weighted by Gasteiger charge is -2.38. The van der Waals surface area contributed by atoms with Crippen molar-refractivity contribution in [3.63, 3.8) is 0 Å². The third-order valence-corrected chi connectivity index (χ3v) is 7.23. The average Bonchev–Trinajstić information content (AvgIpc) is 3.49. The lowest BCUT2D eigenvalue weighted by atomic mass is 9.91. The summed E-state index contributed by atoms with van der Waals surface area (Å²) < 4.78 is 44.9. The van der Waals surface area contributed by atoms with Crippen molar-refractivity contribution in [2.24, 2.45) is 0 Å². The van der Waals surface area contributed by atoms with E-state index in [2.05, 4.69) is 19.9 Å². The van der Waals surface area contributed by atoms with Gasteiger partial charge < -0.3 is 19.7 Å². The number of carboxylic acids is 1. The summed E-state index contributed by atoms with van der Waals surface area (Å²) >= 11 is 0. The predicted molar refractivity (Wildman–Crippen MR) is 136 cm³/mol. The first-order chi connectivity index (χ1) is 18.6. The maximum absolute atomic E-state index is 13.0. The third kappa shape index (κ3) is 4.62. The van der Waals surface area contributed by atoms with E-state index < -0.39 is 29.4 Å². The molecule has 1 amide bonds. The number of halogens is 3. The summed E-state index contributed by atoms with van der Waals surface area (Å²) in [6.45, 7) is 1.59. The molecule has 0 unspecified atom stereocenters. The molecular weight excluding hydrogens is 515 g/mol. The SMILES string of the molecule is O=C(O)c1ccc(N2CC3(CCN(c4ccc(-c5nc6cc(C(F)(F)F)ccc6[nH]5)cn4)CC3)OC2=O)cc1. The van der Waals surface area contributed by atoms with Crippen LogP contribution in [0, 0.1) is 0 Å². The van der Waals surface area contributed by atoms with Crippen LogP contribution in [0.15, 0.2) is 60.8 Å². The largest absolute Gasteiger partial charge is 0.478 e. The monoisotopic (exact) mass is 537 g/mol. The van der Waals surface area contributed by atoms with Gasteiger partial charge in [0.1, 0.15) is 17.2 Å². The van der Waals surface area contributed by atoms with Crippen LogP contribution in [0.1, 0.15) is 28.8 Å². The van der Waals surface area contributed by atoms with Crippen LogP contribution in [0.5, 0.6) is 0 Å². The van der Waals surface area contributed by atoms with E-state index in [4.69, 9.17) is 9.84 Å². The van der Waals surface area contributed by atoms with Crippen molar-refractivity contribution in [2.45, 2.75) is 24.6 Å². The van der Waals surface area contributed by atoms with Crippen molar-refractivity contribution in [1.82, 2.24) is 15.0 Å². The molecule has 4 heterocycles. The summed E-state index contributed by atoms with van der Waals surface area (Å²) in [6.07, 6.45) is -2.08. The van der Waals surface area contributed by atoms with Gasteiger partial charge in [0.25, 0.3) is 0 Å². The standard InChI is InChI=1S/C27H22F3N5O4/c28-27(29,30)18-4-7-20-21(13-18)33-23(32-20)17-3-8-22(31-14-17)34-11-9-26(10-12-34)15-35(25(38)39-26)19-5-1-16(2-6-19)24(36)37/h1-8,13-14H,9-12,15H2,(H,32,33)(H,36,37). The number of hydrogen-bond donors (Lipinski definition) is 2. The summed E-state index contributed by atoms with van der Waals surface area (Å²) in [7, 11) is 0. The van der Waals surface area contributed by atoms with E-state index in [-0.39, 0.29) is 11.1 Å². The minimum absolute atomic E-state index is 0.142. The Labute approximate surface area is 219 Å². The highest BCUT2D eigenvalue weighted by molar-refractivity contribution is 5.92. The summed E-state index contributed by atoms with van der Waals surface area (Å²) in [5, 5.41) is 9.09. The number of ether oxygens (including phenoxy) is 1.